The van der Waals surface area contributed by atoms with Gasteiger partial charge < -0.3 is 15.2 Å². The molecular weight excluding hydrogens is 428 g/mol. The van der Waals surface area contributed by atoms with Crippen LogP contribution < -0.4 is 10.1 Å². The van der Waals surface area contributed by atoms with E-state index < -0.39 is 17.2 Å². The Morgan fingerprint density at radius 1 is 1.16 bits per heavy atom. The van der Waals surface area contributed by atoms with Gasteiger partial charge in [0.25, 0.3) is 0 Å². The minimum Gasteiger partial charge on any atom is -0.421 e. The van der Waals surface area contributed by atoms with Crippen molar-refractivity contribution in [2.24, 2.45) is 0 Å². The van der Waals surface area contributed by atoms with Crippen molar-refractivity contribution in [2.45, 2.75) is 19.4 Å². The molecule has 0 aliphatic heterocycles. The van der Waals surface area contributed by atoms with Crippen molar-refractivity contribution in [3.63, 3.8) is 0 Å². The highest BCUT2D eigenvalue weighted by Crippen LogP contribution is 2.36. The number of H-pyrrole nitrogens is 1. The van der Waals surface area contributed by atoms with Crippen LogP contribution in [0.2, 0.25) is 5.02 Å². The van der Waals surface area contributed by atoms with Gasteiger partial charge in [-0.25, -0.2) is 8.78 Å². The molecule has 10 heteroatoms. The summed E-state index contributed by atoms with van der Waals surface area (Å²) < 4.78 is 32.6. The third-order valence-electron chi connectivity index (χ3n) is 4.31. The SMILES string of the molecule is CC(C)(O)CNc1nc(Oc2ccc(F)cc2F)nc2[nH]nc(-c3ccccc3Cl)c12. The van der Waals surface area contributed by atoms with Crippen molar-refractivity contribution in [3.8, 4) is 23.0 Å². The number of nitrogens with one attached hydrogen (secondary N) is 2. The Morgan fingerprint density at radius 3 is 2.65 bits per heavy atom. The van der Waals surface area contributed by atoms with Crippen molar-refractivity contribution in [2.75, 3.05) is 11.9 Å². The molecule has 2 heterocycles. The largest absolute Gasteiger partial charge is 0.421 e. The standard InChI is InChI=1S/C21H18ClF2N5O2/c1-21(2,30)10-25-18-16-17(12-5-3-4-6-13(12)22)28-29-19(16)27-20(26-18)31-15-8-7-11(23)9-14(15)24/h3-9,30H,10H2,1-2H3,(H2,25,26,27,28,29). The van der Waals surface area contributed by atoms with Gasteiger partial charge in [-0.1, -0.05) is 29.8 Å². The minimum atomic E-state index is -1.05. The number of aromatic amines is 1. The van der Waals surface area contributed by atoms with Crippen LogP contribution in [0.1, 0.15) is 13.8 Å². The normalized spacial score (nSPS) is 11.7. The van der Waals surface area contributed by atoms with E-state index in [4.69, 9.17) is 16.3 Å². The van der Waals surface area contributed by atoms with E-state index in [-0.39, 0.29) is 18.3 Å². The van der Waals surface area contributed by atoms with Gasteiger partial charge in [-0.15, -0.1) is 0 Å². The fraction of sp³-hybridized carbons (Fsp3) is 0.190. The third-order valence-corrected chi connectivity index (χ3v) is 4.64. The van der Waals surface area contributed by atoms with Crippen LogP contribution in [0, 0.1) is 11.6 Å². The first-order valence-corrected chi connectivity index (χ1v) is 9.69. The predicted molar refractivity (Wildman–Crippen MR) is 113 cm³/mol. The summed E-state index contributed by atoms with van der Waals surface area (Å²) in [5.74, 6) is -1.56. The van der Waals surface area contributed by atoms with Crippen molar-refractivity contribution in [3.05, 3.63) is 59.1 Å². The Hall–Kier alpha value is -3.30. The number of fused-ring (bicyclic) bond motifs is 1. The molecule has 160 valence electrons. The van der Waals surface area contributed by atoms with Gasteiger partial charge in [0, 0.05) is 18.2 Å². The molecule has 0 atom stereocenters. The number of hydrogen-bond donors (Lipinski definition) is 3. The quantitative estimate of drug-likeness (QED) is 0.389. The van der Waals surface area contributed by atoms with Gasteiger partial charge in [-0.05, 0) is 32.0 Å². The summed E-state index contributed by atoms with van der Waals surface area (Å²) in [6.45, 7) is 3.42. The van der Waals surface area contributed by atoms with Crippen LogP contribution in [-0.4, -0.2) is 37.4 Å². The molecule has 4 rings (SSSR count). The van der Waals surface area contributed by atoms with E-state index in [1.165, 1.54) is 0 Å². The molecule has 0 fully saturated rings. The first-order valence-electron chi connectivity index (χ1n) is 9.31. The number of aromatic nitrogens is 4. The van der Waals surface area contributed by atoms with Crippen LogP contribution in [0.4, 0.5) is 14.6 Å². The van der Waals surface area contributed by atoms with Crippen LogP contribution in [0.25, 0.3) is 22.3 Å². The molecule has 0 saturated carbocycles. The maximum atomic E-state index is 14.0. The smallest absolute Gasteiger partial charge is 0.326 e. The summed E-state index contributed by atoms with van der Waals surface area (Å²) in [5, 5.41) is 21.3. The Balaban J connectivity index is 1.82. The van der Waals surface area contributed by atoms with E-state index in [1.807, 2.05) is 6.07 Å². The average Bonchev–Trinajstić information content (AvgIpc) is 3.12. The fourth-order valence-corrected chi connectivity index (χ4v) is 3.11. The fourth-order valence-electron chi connectivity index (χ4n) is 2.89. The number of benzene rings is 2. The first-order chi connectivity index (χ1) is 14.7. The second-order valence-corrected chi connectivity index (χ2v) is 7.88. The summed E-state index contributed by atoms with van der Waals surface area (Å²) in [7, 11) is 0. The highest BCUT2D eigenvalue weighted by molar-refractivity contribution is 6.33. The second-order valence-electron chi connectivity index (χ2n) is 7.47. The Bertz CT molecular complexity index is 1260. The van der Waals surface area contributed by atoms with Crippen LogP contribution in [0.15, 0.2) is 42.5 Å². The molecule has 0 radical (unpaired) electrons. The van der Waals surface area contributed by atoms with Crippen LogP contribution in [-0.2, 0) is 0 Å². The molecule has 0 amide bonds. The lowest BCUT2D eigenvalue weighted by Gasteiger charge is -2.19. The van der Waals surface area contributed by atoms with Crippen LogP contribution in [0.5, 0.6) is 11.8 Å². The Labute approximate surface area is 181 Å². The maximum absolute atomic E-state index is 14.0. The van der Waals surface area contributed by atoms with Gasteiger partial charge >= 0.3 is 6.01 Å². The van der Waals surface area contributed by atoms with Gasteiger partial charge in [-0.3, -0.25) is 5.10 Å². The Kier molecular flexibility index (Phi) is 5.47. The van der Waals surface area contributed by atoms with Crippen molar-refractivity contribution < 1.29 is 18.6 Å². The first kappa shape index (κ1) is 21.0. The molecule has 0 saturated heterocycles. The zero-order valence-electron chi connectivity index (χ0n) is 16.6. The molecule has 7 nitrogen and oxygen atoms in total. The number of aliphatic hydroxyl groups is 1. The number of anilines is 1. The third kappa shape index (κ3) is 4.57. The van der Waals surface area contributed by atoms with E-state index in [0.29, 0.717) is 39.2 Å². The summed E-state index contributed by atoms with van der Waals surface area (Å²) in [4.78, 5) is 8.59. The summed E-state index contributed by atoms with van der Waals surface area (Å²) in [6.07, 6.45) is 0. The molecular formula is C21H18ClF2N5O2. The molecule has 0 unspecified atom stereocenters. The Morgan fingerprint density at radius 2 is 1.94 bits per heavy atom. The molecule has 3 N–H and O–H groups in total. The van der Waals surface area contributed by atoms with Gasteiger partial charge in [-0.2, -0.15) is 15.1 Å². The van der Waals surface area contributed by atoms with Crippen LogP contribution >= 0.6 is 11.6 Å². The molecule has 2 aromatic carbocycles. The number of hydrogen-bond acceptors (Lipinski definition) is 6. The molecule has 31 heavy (non-hydrogen) atoms. The zero-order chi connectivity index (χ0) is 22.2. The van der Waals surface area contributed by atoms with E-state index in [2.05, 4.69) is 25.5 Å². The highest BCUT2D eigenvalue weighted by atomic mass is 35.5. The predicted octanol–water partition coefficient (Wildman–Crippen LogP) is 4.93. The zero-order valence-corrected chi connectivity index (χ0v) is 17.3. The molecule has 0 aliphatic rings. The summed E-state index contributed by atoms with van der Waals surface area (Å²) in [6, 6.07) is 9.88. The van der Waals surface area contributed by atoms with Gasteiger partial charge in [0.15, 0.2) is 17.2 Å². The molecule has 0 bridgehead atoms. The lowest BCUT2D eigenvalue weighted by atomic mass is 10.1. The maximum Gasteiger partial charge on any atom is 0.326 e. The monoisotopic (exact) mass is 445 g/mol. The lowest BCUT2D eigenvalue weighted by molar-refractivity contribution is 0.0944. The number of rotatable bonds is 6. The average molecular weight is 446 g/mol. The van der Waals surface area contributed by atoms with Crippen molar-refractivity contribution in [1.29, 1.82) is 0 Å². The lowest BCUT2D eigenvalue weighted by Crippen LogP contribution is -2.29. The highest BCUT2D eigenvalue weighted by Gasteiger charge is 2.21. The number of halogens is 3. The molecule has 2 aromatic heterocycles. The van der Waals surface area contributed by atoms with Crippen molar-refractivity contribution >= 4 is 28.5 Å². The van der Waals surface area contributed by atoms with Crippen LogP contribution in [0.3, 0.4) is 0 Å². The van der Waals surface area contributed by atoms with E-state index in [9.17, 15) is 13.9 Å². The van der Waals surface area contributed by atoms with Crippen molar-refractivity contribution in [1.82, 2.24) is 20.2 Å². The number of nitrogens with zero attached hydrogens (tertiary/aromatic N) is 3. The molecule has 0 spiro atoms. The second kappa shape index (κ2) is 8.09. The van der Waals surface area contributed by atoms with E-state index >= 15 is 0 Å². The number of ether oxygens (including phenoxy) is 1. The molecule has 0 aliphatic carbocycles. The van der Waals surface area contributed by atoms with E-state index in [0.717, 1.165) is 12.1 Å². The van der Waals surface area contributed by atoms with Gasteiger partial charge in [0.05, 0.1) is 16.0 Å². The minimum absolute atomic E-state index is 0.149. The summed E-state index contributed by atoms with van der Waals surface area (Å²) >= 11 is 6.33. The van der Waals surface area contributed by atoms with E-state index in [1.54, 1.807) is 32.0 Å². The van der Waals surface area contributed by atoms with Gasteiger partial charge in [0.2, 0.25) is 0 Å². The topological polar surface area (TPSA) is 96.0 Å². The molecule has 4 aromatic rings. The summed E-state index contributed by atoms with van der Waals surface area (Å²) in [5.41, 5.74) is 0.415. The van der Waals surface area contributed by atoms with Gasteiger partial charge in [0.1, 0.15) is 17.3 Å².